The van der Waals surface area contributed by atoms with Crippen LogP contribution in [-0.4, -0.2) is 86.7 Å². The standard InChI is InChI=1S/C25H29N11O/c1-33(6-7-34-8-10-37-11-9-34)21-5-4-20(12-22(21)35-16-27-28-17-35)30-23-13-24(31-19-2-3-19)36-25(32-23)18(14-26)15-29-36/h4-5,12-13,15-17,19,31H,2-3,6-11H2,1H3,(H,30,32). The lowest BCUT2D eigenvalue weighted by atomic mass is 10.2. The van der Waals surface area contributed by atoms with Gasteiger partial charge in [0.1, 0.15) is 35.9 Å². The van der Waals surface area contributed by atoms with Crippen molar-refractivity contribution in [3.8, 4) is 11.8 Å². The molecule has 4 heterocycles. The number of likely N-dealkylation sites (N-methyl/N-ethyl adjacent to an activating group) is 1. The van der Waals surface area contributed by atoms with Crippen LogP contribution in [0.1, 0.15) is 18.4 Å². The molecule has 2 N–H and O–H groups in total. The Hall–Kier alpha value is -4.21. The molecule has 0 unspecified atom stereocenters. The predicted molar refractivity (Wildman–Crippen MR) is 140 cm³/mol. The van der Waals surface area contributed by atoms with Crippen molar-refractivity contribution in [2.45, 2.75) is 18.9 Å². The summed E-state index contributed by atoms with van der Waals surface area (Å²) in [5, 5.41) is 28.8. The molecule has 3 aromatic heterocycles. The summed E-state index contributed by atoms with van der Waals surface area (Å²) in [4.78, 5) is 9.37. The molecule has 0 bridgehead atoms. The maximum atomic E-state index is 9.53. The van der Waals surface area contributed by atoms with E-state index in [0.29, 0.717) is 23.1 Å². The molecule has 0 amide bonds. The quantitative estimate of drug-likeness (QED) is 0.354. The number of anilines is 4. The van der Waals surface area contributed by atoms with E-state index in [-0.39, 0.29) is 0 Å². The summed E-state index contributed by atoms with van der Waals surface area (Å²) in [6.45, 7) is 5.37. The van der Waals surface area contributed by atoms with Gasteiger partial charge >= 0.3 is 0 Å². The van der Waals surface area contributed by atoms with Crippen molar-refractivity contribution in [3.63, 3.8) is 0 Å². The highest BCUT2D eigenvalue weighted by Gasteiger charge is 2.23. The second-order valence-corrected chi connectivity index (χ2v) is 9.42. The number of morpholine rings is 1. The molecule has 1 aliphatic heterocycles. The second kappa shape index (κ2) is 10.0. The van der Waals surface area contributed by atoms with Crippen molar-refractivity contribution in [2.75, 3.05) is 62.0 Å². The minimum absolute atomic E-state index is 0.431. The summed E-state index contributed by atoms with van der Waals surface area (Å²) >= 11 is 0. The van der Waals surface area contributed by atoms with Gasteiger partial charge in [0.05, 0.1) is 30.8 Å². The fraction of sp³-hybridized carbons (Fsp3) is 0.400. The Morgan fingerprint density at radius 3 is 2.73 bits per heavy atom. The fourth-order valence-electron chi connectivity index (χ4n) is 4.49. The molecule has 0 spiro atoms. The van der Waals surface area contributed by atoms with Gasteiger partial charge in [0.15, 0.2) is 5.65 Å². The van der Waals surface area contributed by atoms with Crippen molar-refractivity contribution in [1.82, 2.24) is 34.3 Å². The van der Waals surface area contributed by atoms with Gasteiger partial charge in [0, 0.05) is 51.0 Å². The lowest BCUT2D eigenvalue weighted by Crippen LogP contribution is -2.40. The number of hydrogen-bond donors (Lipinski definition) is 2. The zero-order valence-electron chi connectivity index (χ0n) is 20.7. The zero-order valence-corrected chi connectivity index (χ0v) is 20.7. The van der Waals surface area contributed by atoms with Crippen LogP contribution < -0.4 is 15.5 Å². The van der Waals surface area contributed by atoms with E-state index < -0.39 is 0 Å². The summed E-state index contributed by atoms with van der Waals surface area (Å²) < 4.78 is 9.07. The normalized spacial score (nSPS) is 16.0. The Bertz CT molecular complexity index is 1410. The van der Waals surface area contributed by atoms with Crippen molar-refractivity contribution in [3.05, 3.63) is 48.7 Å². The molecule has 1 aromatic carbocycles. The van der Waals surface area contributed by atoms with Gasteiger partial charge in [-0.3, -0.25) is 9.47 Å². The average Bonchev–Trinajstić information content (AvgIpc) is 3.38. The molecular formula is C25H29N11O. The van der Waals surface area contributed by atoms with Crippen LogP contribution >= 0.6 is 0 Å². The number of benzene rings is 1. The Labute approximate surface area is 214 Å². The maximum absolute atomic E-state index is 9.53. The molecule has 2 aliphatic rings. The molecule has 0 radical (unpaired) electrons. The predicted octanol–water partition coefficient (Wildman–Crippen LogP) is 2.27. The minimum Gasteiger partial charge on any atom is -0.379 e. The fourth-order valence-corrected chi connectivity index (χ4v) is 4.49. The minimum atomic E-state index is 0.431. The van der Waals surface area contributed by atoms with Gasteiger partial charge in [-0.15, -0.1) is 10.2 Å². The van der Waals surface area contributed by atoms with Crippen molar-refractivity contribution in [2.24, 2.45) is 0 Å². The molecule has 1 saturated heterocycles. The van der Waals surface area contributed by atoms with Gasteiger partial charge in [-0.1, -0.05) is 0 Å². The molecule has 37 heavy (non-hydrogen) atoms. The maximum Gasteiger partial charge on any atom is 0.177 e. The summed E-state index contributed by atoms with van der Waals surface area (Å²) in [6.07, 6.45) is 7.21. The van der Waals surface area contributed by atoms with Crippen LogP contribution in [0.15, 0.2) is 43.1 Å². The van der Waals surface area contributed by atoms with Crippen LogP contribution in [-0.2, 0) is 4.74 Å². The van der Waals surface area contributed by atoms with E-state index in [2.05, 4.69) is 61.0 Å². The second-order valence-electron chi connectivity index (χ2n) is 9.42. The Morgan fingerprint density at radius 2 is 1.97 bits per heavy atom. The van der Waals surface area contributed by atoms with E-state index in [1.807, 2.05) is 16.7 Å². The molecule has 12 nitrogen and oxygen atoms in total. The first-order valence-corrected chi connectivity index (χ1v) is 12.5. The Balaban J connectivity index is 1.28. The van der Waals surface area contributed by atoms with E-state index in [4.69, 9.17) is 9.72 Å². The lowest BCUT2D eigenvalue weighted by molar-refractivity contribution is 0.0393. The molecule has 1 saturated carbocycles. The third-order valence-corrected chi connectivity index (χ3v) is 6.73. The molecule has 2 fully saturated rings. The van der Waals surface area contributed by atoms with Crippen molar-refractivity contribution >= 4 is 28.7 Å². The largest absolute Gasteiger partial charge is 0.379 e. The van der Waals surface area contributed by atoms with Crippen LogP contribution in [0.3, 0.4) is 0 Å². The molecule has 1 aliphatic carbocycles. The highest BCUT2D eigenvalue weighted by molar-refractivity contribution is 5.73. The third-order valence-electron chi connectivity index (χ3n) is 6.73. The topological polar surface area (TPSA) is 124 Å². The van der Waals surface area contributed by atoms with E-state index in [9.17, 15) is 5.26 Å². The van der Waals surface area contributed by atoms with E-state index >= 15 is 0 Å². The number of nitriles is 1. The lowest BCUT2D eigenvalue weighted by Gasteiger charge is -2.30. The molecular weight excluding hydrogens is 470 g/mol. The number of nitrogens with one attached hydrogen (secondary N) is 2. The van der Waals surface area contributed by atoms with Crippen LogP contribution in [0.2, 0.25) is 0 Å². The van der Waals surface area contributed by atoms with Crippen LogP contribution in [0.5, 0.6) is 0 Å². The Morgan fingerprint density at radius 1 is 1.16 bits per heavy atom. The molecule has 4 aromatic rings. The number of fused-ring (bicyclic) bond motifs is 1. The first kappa shape index (κ1) is 23.2. The van der Waals surface area contributed by atoms with Crippen LogP contribution in [0.4, 0.5) is 23.0 Å². The molecule has 190 valence electrons. The van der Waals surface area contributed by atoms with Gasteiger partial charge in [-0.05, 0) is 31.0 Å². The summed E-state index contributed by atoms with van der Waals surface area (Å²) in [5.41, 5.74) is 3.85. The number of rotatable bonds is 9. The van der Waals surface area contributed by atoms with Gasteiger partial charge in [0.25, 0.3) is 0 Å². The van der Waals surface area contributed by atoms with E-state index in [0.717, 1.165) is 75.1 Å². The van der Waals surface area contributed by atoms with E-state index in [1.54, 1.807) is 23.4 Å². The number of ether oxygens (including phenoxy) is 1. The first-order valence-electron chi connectivity index (χ1n) is 12.5. The number of nitrogens with zero attached hydrogens (tertiary/aromatic N) is 9. The van der Waals surface area contributed by atoms with Gasteiger partial charge in [-0.2, -0.15) is 14.9 Å². The monoisotopic (exact) mass is 499 g/mol. The SMILES string of the molecule is CN(CCN1CCOCC1)c1ccc(Nc2cc(NC3CC3)n3ncc(C#N)c3n2)cc1-n1cnnc1. The van der Waals surface area contributed by atoms with Gasteiger partial charge in [-0.25, -0.2) is 4.98 Å². The first-order chi connectivity index (χ1) is 18.2. The highest BCUT2D eigenvalue weighted by atomic mass is 16.5. The number of aromatic nitrogens is 6. The Kier molecular flexibility index (Phi) is 6.30. The smallest absolute Gasteiger partial charge is 0.177 e. The van der Waals surface area contributed by atoms with Crippen LogP contribution in [0, 0.1) is 11.3 Å². The molecule has 12 heteroatoms. The van der Waals surface area contributed by atoms with Crippen LogP contribution in [0.25, 0.3) is 11.3 Å². The average molecular weight is 500 g/mol. The van der Waals surface area contributed by atoms with Gasteiger partial charge in [0.2, 0.25) is 0 Å². The van der Waals surface area contributed by atoms with Crippen molar-refractivity contribution in [1.29, 1.82) is 5.26 Å². The molecule has 0 atom stereocenters. The third kappa shape index (κ3) is 5.04. The van der Waals surface area contributed by atoms with Crippen molar-refractivity contribution < 1.29 is 4.74 Å². The number of hydrogen-bond acceptors (Lipinski definition) is 10. The highest BCUT2D eigenvalue weighted by Crippen LogP contribution is 2.31. The van der Waals surface area contributed by atoms with E-state index in [1.165, 1.54) is 0 Å². The molecule has 6 rings (SSSR count). The summed E-state index contributed by atoms with van der Waals surface area (Å²) in [7, 11) is 2.10. The zero-order chi connectivity index (χ0) is 25.2. The summed E-state index contributed by atoms with van der Waals surface area (Å²) in [6, 6.07) is 10.7. The summed E-state index contributed by atoms with van der Waals surface area (Å²) in [5.74, 6) is 1.45. The van der Waals surface area contributed by atoms with Gasteiger partial charge < -0.3 is 20.3 Å².